The molecule has 5 nitrogen and oxygen atoms in total. The lowest BCUT2D eigenvalue weighted by atomic mass is 10.2. The molecule has 2 aliphatic rings. The first-order valence-corrected chi connectivity index (χ1v) is 7.95. The molecule has 0 bridgehead atoms. The summed E-state index contributed by atoms with van der Waals surface area (Å²) in [6.07, 6.45) is 2.52. The van der Waals surface area contributed by atoms with Crippen LogP contribution in [0.1, 0.15) is 18.4 Å². The molecule has 0 saturated heterocycles. The molecule has 1 N–H and O–H groups in total. The van der Waals surface area contributed by atoms with Crippen LogP contribution >= 0.6 is 0 Å². The molecule has 0 amide bonds. The van der Waals surface area contributed by atoms with Crippen molar-refractivity contribution in [2.24, 2.45) is 0 Å². The molecule has 1 aromatic rings. The number of nitrogens with zero attached hydrogens (tertiary/aromatic N) is 1. The Balaban J connectivity index is 1.94. The summed E-state index contributed by atoms with van der Waals surface area (Å²) in [6.45, 7) is 0.631. The van der Waals surface area contributed by atoms with Crippen molar-refractivity contribution in [2.75, 3.05) is 19.8 Å². The third-order valence-electron chi connectivity index (χ3n) is 3.54. The molecule has 1 fully saturated rings. The summed E-state index contributed by atoms with van der Waals surface area (Å²) in [7, 11) is -3.50. The zero-order chi connectivity index (χ0) is 13.5. The lowest BCUT2D eigenvalue weighted by molar-refractivity contribution is 0.250. The van der Waals surface area contributed by atoms with E-state index in [9.17, 15) is 8.42 Å². The number of rotatable bonds is 5. The molecule has 0 spiro atoms. The molecule has 1 aromatic carbocycles. The number of hydrogen-bond acceptors (Lipinski definition) is 4. The number of benzene rings is 1. The maximum Gasteiger partial charge on any atom is 0.243 e. The summed E-state index contributed by atoms with van der Waals surface area (Å²) in [4.78, 5) is 0.303. The van der Waals surface area contributed by atoms with Gasteiger partial charge in [-0.25, -0.2) is 8.42 Å². The summed E-state index contributed by atoms with van der Waals surface area (Å²) in [5, 5.41) is 9.05. The number of hydrogen-bond donors (Lipinski definition) is 1. The number of fused-ring (bicyclic) bond motifs is 1. The Morgan fingerprint density at radius 2 is 2.16 bits per heavy atom. The van der Waals surface area contributed by atoms with E-state index in [2.05, 4.69) is 0 Å². The van der Waals surface area contributed by atoms with Gasteiger partial charge in [0.15, 0.2) is 0 Å². The van der Waals surface area contributed by atoms with Gasteiger partial charge in [0.1, 0.15) is 5.75 Å². The SMILES string of the molecule is O=S(=O)(c1ccc2c(c1)CCO2)N(CCO)C1CC1. The van der Waals surface area contributed by atoms with Crippen LogP contribution in [0.5, 0.6) is 5.75 Å². The number of aliphatic hydroxyl groups is 1. The Hall–Kier alpha value is -1.11. The largest absolute Gasteiger partial charge is 0.493 e. The number of ether oxygens (including phenoxy) is 1. The maximum absolute atomic E-state index is 12.6. The van der Waals surface area contributed by atoms with Crippen molar-refractivity contribution in [1.82, 2.24) is 4.31 Å². The van der Waals surface area contributed by atoms with Crippen LogP contribution in [0.25, 0.3) is 0 Å². The molecule has 19 heavy (non-hydrogen) atoms. The molecule has 0 atom stereocenters. The average Bonchev–Trinajstić information content (AvgIpc) is 3.11. The highest BCUT2D eigenvalue weighted by Gasteiger charge is 2.37. The van der Waals surface area contributed by atoms with Crippen LogP contribution in [0.2, 0.25) is 0 Å². The Bertz CT molecular complexity index is 580. The first-order valence-electron chi connectivity index (χ1n) is 6.51. The van der Waals surface area contributed by atoms with Gasteiger partial charge < -0.3 is 9.84 Å². The minimum atomic E-state index is -3.50. The van der Waals surface area contributed by atoms with Crippen LogP contribution in [0.15, 0.2) is 23.1 Å². The normalized spacial score (nSPS) is 18.4. The predicted octanol–water partition coefficient (Wildman–Crippen LogP) is 0.767. The van der Waals surface area contributed by atoms with Crippen LogP contribution in [-0.2, 0) is 16.4 Å². The maximum atomic E-state index is 12.6. The summed E-state index contributed by atoms with van der Waals surface area (Å²) >= 11 is 0. The zero-order valence-electron chi connectivity index (χ0n) is 10.6. The van der Waals surface area contributed by atoms with Crippen LogP contribution in [0.3, 0.4) is 0 Å². The van der Waals surface area contributed by atoms with Crippen molar-refractivity contribution < 1.29 is 18.3 Å². The van der Waals surface area contributed by atoms with Gasteiger partial charge in [-0.1, -0.05) is 0 Å². The van der Waals surface area contributed by atoms with Gasteiger partial charge in [0.25, 0.3) is 0 Å². The first-order chi connectivity index (χ1) is 9.13. The molecule has 1 aliphatic heterocycles. The molecule has 104 valence electrons. The van der Waals surface area contributed by atoms with E-state index < -0.39 is 10.0 Å². The highest BCUT2D eigenvalue weighted by atomic mass is 32.2. The van der Waals surface area contributed by atoms with E-state index >= 15 is 0 Å². The fraction of sp³-hybridized carbons (Fsp3) is 0.538. The van der Waals surface area contributed by atoms with Gasteiger partial charge in [-0.3, -0.25) is 0 Å². The summed E-state index contributed by atoms with van der Waals surface area (Å²) in [5.74, 6) is 0.777. The van der Waals surface area contributed by atoms with Crippen molar-refractivity contribution >= 4 is 10.0 Å². The van der Waals surface area contributed by atoms with Crippen LogP contribution in [-0.4, -0.2) is 43.6 Å². The van der Waals surface area contributed by atoms with Crippen LogP contribution in [0, 0.1) is 0 Å². The average molecular weight is 283 g/mol. The van der Waals surface area contributed by atoms with Gasteiger partial charge in [-0.05, 0) is 36.6 Å². The second kappa shape index (κ2) is 4.77. The Morgan fingerprint density at radius 3 is 2.84 bits per heavy atom. The van der Waals surface area contributed by atoms with Crippen molar-refractivity contribution in [1.29, 1.82) is 0 Å². The van der Waals surface area contributed by atoms with E-state index in [0.29, 0.717) is 11.5 Å². The molecule has 0 unspecified atom stereocenters. The van der Waals surface area contributed by atoms with Gasteiger partial charge >= 0.3 is 0 Å². The second-order valence-electron chi connectivity index (χ2n) is 4.94. The monoisotopic (exact) mass is 283 g/mol. The van der Waals surface area contributed by atoms with Crippen molar-refractivity contribution in [3.05, 3.63) is 23.8 Å². The third kappa shape index (κ3) is 2.35. The summed E-state index contributed by atoms with van der Waals surface area (Å²) < 4.78 is 32.0. The quantitative estimate of drug-likeness (QED) is 0.866. The Morgan fingerprint density at radius 1 is 1.37 bits per heavy atom. The fourth-order valence-corrected chi connectivity index (χ4v) is 4.15. The lowest BCUT2D eigenvalue weighted by Gasteiger charge is -2.21. The molecule has 0 aromatic heterocycles. The van der Waals surface area contributed by atoms with Crippen molar-refractivity contribution in [3.63, 3.8) is 0 Å². The first kappa shape index (κ1) is 12.9. The number of sulfonamides is 1. The van der Waals surface area contributed by atoms with Gasteiger partial charge in [-0.15, -0.1) is 0 Å². The van der Waals surface area contributed by atoms with E-state index in [4.69, 9.17) is 9.84 Å². The fourth-order valence-electron chi connectivity index (χ4n) is 2.42. The smallest absolute Gasteiger partial charge is 0.243 e. The van der Waals surface area contributed by atoms with Crippen molar-refractivity contribution in [2.45, 2.75) is 30.2 Å². The minimum Gasteiger partial charge on any atom is -0.493 e. The molecular weight excluding hydrogens is 266 g/mol. The van der Waals surface area contributed by atoms with E-state index in [1.54, 1.807) is 18.2 Å². The van der Waals surface area contributed by atoms with Gasteiger partial charge in [0.2, 0.25) is 10.0 Å². The number of aliphatic hydroxyl groups excluding tert-OH is 1. The topological polar surface area (TPSA) is 66.8 Å². The minimum absolute atomic E-state index is 0.0571. The zero-order valence-corrected chi connectivity index (χ0v) is 11.4. The molecule has 3 rings (SSSR count). The third-order valence-corrected chi connectivity index (χ3v) is 5.49. The Labute approximate surface area is 112 Å². The second-order valence-corrected chi connectivity index (χ2v) is 6.83. The molecule has 1 heterocycles. The molecule has 0 radical (unpaired) electrons. The predicted molar refractivity (Wildman–Crippen MR) is 69.6 cm³/mol. The molecule has 1 saturated carbocycles. The van der Waals surface area contributed by atoms with Crippen LogP contribution < -0.4 is 4.74 Å². The van der Waals surface area contributed by atoms with E-state index in [-0.39, 0.29) is 19.2 Å². The molecule has 1 aliphatic carbocycles. The van der Waals surface area contributed by atoms with E-state index in [1.165, 1.54) is 4.31 Å². The van der Waals surface area contributed by atoms with Crippen LogP contribution in [0.4, 0.5) is 0 Å². The van der Waals surface area contributed by atoms with E-state index in [0.717, 1.165) is 30.6 Å². The molecular formula is C13H17NO4S. The lowest BCUT2D eigenvalue weighted by Crippen LogP contribution is -2.35. The summed E-state index contributed by atoms with van der Waals surface area (Å²) in [5.41, 5.74) is 0.945. The van der Waals surface area contributed by atoms with Crippen molar-refractivity contribution in [3.8, 4) is 5.75 Å². The van der Waals surface area contributed by atoms with E-state index in [1.807, 2.05) is 0 Å². The van der Waals surface area contributed by atoms with Gasteiger partial charge in [-0.2, -0.15) is 4.31 Å². The highest BCUT2D eigenvalue weighted by Crippen LogP contribution is 2.34. The highest BCUT2D eigenvalue weighted by molar-refractivity contribution is 7.89. The van der Waals surface area contributed by atoms with Gasteiger partial charge in [0.05, 0.1) is 18.1 Å². The Kier molecular flexibility index (Phi) is 3.24. The standard InChI is InChI=1S/C13H17NO4S/c15-7-6-14(11-1-2-11)19(16,17)12-3-4-13-10(9-12)5-8-18-13/h3-4,9,11,15H,1-2,5-8H2. The van der Waals surface area contributed by atoms with Gasteiger partial charge in [0, 0.05) is 19.0 Å². The summed E-state index contributed by atoms with van der Waals surface area (Å²) in [6, 6.07) is 5.07. The molecule has 6 heteroatoms.